The number of halogens is 1. The van der Waals surface area contributed by atoms with Crippen molar-refractivity contribution in [3.05, 3.63) is 17.3 Å². The van der Waals surface area contributed by atoms with Crippen molar-refractivity contribution in [2.24, 2.45) is 5.41 Å². The predicted octanol–water partition coefficient (Wildman–Crippen LogP) is 3.46. The van der Waals surface area contributed by atoms with Crippen molar-refractivity contribution < 1.29 is 9.90 Å². The molecule has 1 spiro atoms. The molecular formula is C23H33ClN4O2. The second-order valence-electron chi connectivity index (χ2n) is 9.71. The second kappa shape index (κ2) is 8.19. The molecule has 0 unspecified atom stereocenters. The lowest BCUT2D eigenvalue weighted by molar-refractivity contribution is -0.139. The molecule has 3 saturated heterocycles. The third-order valence-electron chi connectivity index (χ3n) is 7.81. The van der Waals surface area contributed by atoms with Gasteiger partial charge >= 0.3 is 0 Å². The zero-order valence-corrected chi connectivity index (χ0v) is 18.5. The van der Waals surface area contributed by atoms with E-state index in [0.29, 0.717) is 23.5 Å². The number of nitrogens with zero attached hydrogens (tertiary/aromatic N) is 4. The minimum Gasteiger partial charge on any atom is -0.393 e. The fraction of sp³-hybridized carbons (Fsp3) is 0.739. The number of carbonyl (C=O) groups is 1. The summed E-state index contributed by atoms with van der Waals surface area (Å²) in [5, 5.41) is 10.5. The number of anilines is 2. The summed E-state index contributed by atoms with van der Waals surface area (Å²) in [6.07, 6.45) is 10.6. The first-order chi connectivity index (χ1) is 14.6. The molecule has 1 saturated carbocycles. The minimum atomic E-state index is -0.299. The molecule has 0 aromatic carbocycles. The molecule has 1 amide bonds. The van der Waals surface area contributed by atoms with Gasteiger partial charge in [0.1, 0.15) is 5.82 Å². The van der Waals surface area contributed by atoms with Gasteiger partial charge in [0.25, 0.3) is 0 Å². The Morgan fingerprint density at radius 1 is 1.00 bits per heavy atom. The summed E-state index contributed by atoms with van der Waals surface area (Å²) in [5.41, 5.74) is 0.808. The van der Waals surface area contributed by atoms with Crippen molar-refractivity contribution in [1.29, 1.82) is 0 Å². The topological polar surface area (TPSA) is 59.9 Å². The summed E-state index contributed by atoms with van der Waals surface area (Å²) in [7, 11) is 0. The fourth-order valence-corrected chi connectivity index (χ4v) is 6.34. The maximum absolute atomic E-state index is 13.5. The van der Waals surface area contributed by atoms with Crippen molar-refractivity contribution in [3.63, 3.8) is 0 Å². The highest BCUT2D eigenvalue weighted by Gasteiger charge is 2.51. The first-order valence-electron chi connectivity index (χ1n) is 11.7. The summed E-state index contributed by atoms with van der Waals surface area (Å²) in [4.78, 5) is 25.0. The molecule has 4 fully saturated rings. The number of amides is 1. The third kappa shape index (κ3) is 3.66. The monoisotopic (exact) mass is 432 g/mol. The zero-order chi connectivity index (χ0) is 20.7. The smallest absolute Gasteiger partial charge is 0.230 e. The number of carbonyl (C=O) groups excluding carboxylic acids is 1. The Bertz CT molecular complexity index is 791. The highest BCUT2D eigenvalue weighted by Crippen LogP contribution is 2.44. The Morgan fingerprint density at radius 2 is 1.73 bits per heavy atom. The van der Waals surface area contributed by atoms with E-state index < -0.39 is 0 Å². The van der Waals surface area contributed by atoms with E-state index in [2.05, 4.69) is 14.7 Å². The van der Waals surface area contributed by atoms with Crippen LogP contribution in [-0.4, -0.2) is 65.8 Å². The first-order valence-corrected chi connectivity index (χ1v) is 12.1. The molecule has 30 heavy (non-hydrogen) atoms. The van der Waals surface area contributed by atoms with Gasteiger partial charge in [-0.05, 0) is 63.9 Å². The van der Waals surface area contributed by atoms with Gasteiger partial charge in [-0.3, -0.25) is 4.79 Å². The zero-order valence-electron chi connectivity index (χ0n) is 17.7. The molecule has 3 aliphatic heterocycles. The van der Waals surface area contributed by atoms with Crippen LogP contribution < -0.4 is 9.80 Å². The lowest BCUT2D eigenvalue weighted by Crippen LogP contribution is -2.50. The number of aliphatic hydroxyl groups excluding tert-OH is 1. The maximum Gasteiger partial charge on any atom is 0.230 e. The van der Waals surface area contributed by atoms with Crippen LogP contribution in [0.2, 0.25) is 5.02 Å². The average Bonchev–Trinajstić information content (AvgIpc) is 3.39. The van der Waals surface area contributed by atoms with Crippen molar-refractivity contribution in [2.45, 2.75) is 69.9 Å². The van der Waals surface area contributed by atoms with Crippen LogP contribution in [0.5, 0.6) is 0 Å². The summed E-state index contributed by atoms with van der Waals surface area (Å²) in [6, 6.07) is 2.35. The van der Waals surface area contributed by atoms with Crippen LogP contribution in [0.3, 0.4) is 0 Å². The van der Waals surface area contributed by atoms with Gasteiger partial charge in [0.2, 0.25) is 5.91 Å². The summed E-state index contributed by atoms with van der Waals surface area (Å²) >= 11 is 6.69. The lowest BCUT2D eigenvalue weighted by Gasteiger charge is -2.41. The molecule has 7 heteroatoms. The molecule has 4 aliphatic rings. The second-order valence-corrected chi connectivity index (χ2v) is 10.1. The predicted molar refractivity (Wildman–Crippen MR) is 119 cm³/mol. The maximum atomic E-state index is 13.5. The van der Waals surface area contributed by atoms with Crippen LogP contribution in [0.15, 0.2) is 12.3 Å². The molecule has 4 heterocycles. The molecule has 1 N–H and O–H groups in total. The van der Waals surface area contributed by atoms with Crippen LogP contribution in [0, 0.1) is 5.41 Å². The van der Waals surface area contributed by atoms with Gasteiger partial charge in [-0.1, -0.05) is 11.6 Å². The van der Waals surface area contributed by atoms with Gasteiger partial charge in [-0.2, -0.15) is 0 Å². The van der Waals surface area contributed by atoms with E-state index >= 15 is 0 Å². The highest BCUT2D eigenvalue weighted by atomic mass is 35.5. The van der Waals surface area contributed by atoms with Gasteiger partial charge in [-0.25, -0.2) is 4.98 Å². The molecule has 1 aromatic heterocycles. The minimum absolute atomic E-state index is 0.185. The van der Waals surface area contributed by atoms with E-state index in [-0.39, 0.29) is 11.5 Å². The fourth-order valence-electron chi connectivity index (χ4n) is 6.06. The van der Waals surface area contributed by atoms with Crippen LogP contribution in [0.1, 0.15) is 57.8 Å². The van der Waals surface area contributed by atoms with Crippen molar-refractivity contribution >= 4 is 29.0 Å². The van der Waals surface area contributed by atoms with Gasteiger partial charge in [0.15, 0.2) is 0 Å². The Morgan fingerprint density at radius 3 is 2.47 bits per heavy atom. The van der Waals surface area contributed by atoms with Crippen LogP contribution in [-0.2, 0) is 4.79 Å². The lowest BCUT2D eigenvalue weighted by atomic mass is 9.78. The summed E-state index contributed by atoms with van der Waals surface area (Å²) in [5.74, 6) is 1.14. The van der Waals surface area contributed by atoms with E-state index in [0.717, 1.165) is 82.6 Å². The molecule has 1 atom stereocenters. The Hall–Kier alpha value is -1.53. The van der Waals surface area contributed by atoms with E-state index in [4.69, 9.17) is 16.6 Å². The van der Waals surface area contributed by atoms with Crippen molar-refractivity contribution in [1.82, 2.24) is 9.88 Å². The van der Waals surface area contributed by atoms with Gasteiger partial charge in [0.05, 0.1) is 28.4 Å². The third-order valence-corrected chi connectivity index (χ3v) is 8.09. The quantitative estimate of drug-likeness (QED) is 0.792. The SMILES string of the molecule is O=C1N(C2CCC(O)CC2)CC[C@@]12CCCN(c1ncc(N3CCCC3)cc1Cl)C2. The number of hydrogen-bond acceptors (Lipinski definition) is 5. The summed E-state index contributed by atoms with van der Waals surface area (Å²) < 4.78 is 0. The van der Waals surface area contributed by atoms with Crippen molar-refractivity contribution in [3.8, 4) is 0 Å². The largest absolute Gasteiger partial charge is 0.393 e. The standard InChI is InChI=1S/C23H33ClN4O2/c24-20-14-18(26-10-1-2-11-26)15-25-21(20)27-12-3-8-23(16-27)9-13-28(22(23)30)17-4-6-19(29)7-5-17/h14-15,17,19,29H,1-13,16H2/t17?,19?,23-/m1/s1. The summed E-state index contributed by atoms with van der Waals surface area (Å²) in [6.45, 7) is 4.62. The number of aliphatic hydroxyl groups is 1. The van der Waals surface area contributed by atoms with E-state index in [1.54, 1.807) is 0 Å². The molecule has 0 bridgehead atoms. The number of piperidine rings is 1. The number of likely N-dealkylation sites (tertiary alicyclic amines) is 1. The Labute approximate surface area is 184 Å². The average molecular weight is 433 g/mol. The number of pyridine rings is 1. The molecule has 164 valence electrons. The molecule has 1 aliphatic carbocycles. The van der Waals surface area contributed by atoms with Crippen LogP contribution in [0.25, 0.3) is 0 Å². The Kier molecular flexibility index (Phi) is 5.56. The number of rotatable bonds is 3. The van der Waals surface area contributed by atoms with E-state index in [1.807, 2.05) is 12.3 Å². The highest BCUT2D eigenvalue weighted by molar-refractivity contribution is 6.33. The molecule has 6 nitrogen and oxygen atoms in total. The van der Waals surface area contributed by atoms with Crippen molar-refractivity contribution in [2.75, 3.05) is 42.5 Å². The van der Waals surface area contributed by atoms with E-state index in [9.17, 15) is 9.90 Å². The van der Waals surface area contributed by atoms with Gasteiger partial charge in [-0.15, -0.1) is 0 Å². The van der Waals surface area contributed by atoms with Crippen LogP contribution in [0.4, 0.5) is 11.5 Å². The number of hydrogen-bond donors (Lipinski definition) is 1. The Balaban J connectivity index is 1.30. The van der Waals surface area contributed by atoms with Crippen LogP contribution >= 0.6 is 11.6 Å². The first kappa shape index (κ1) is 20.4. The molecule has 1 aromatic rings. The molecular weight excluding hydrogens is 400 g/mol. The number of aromatic nitrogens is 1. The normalized spacial score (nSPS) is 32.5. The molecule has 0 radical (unpaired) electrons. The van der Waals surface area contributed by atoms with Gasteiger partial charge in [0, 0.05) is 38.8 Å². The van der Waals surface area contributed by atoms with Gasteiger partial charge < -0.3 is 19.8 Å². The van der Waals surface area contributed by atoms with E-state index in [1.165, 1.54) is 12.8 Å². The molecule has 5 rings (SSSR count).